The van der Waals surface area contributed by atoms with Crippen molar-refractivity contribution in [2.24, 2.45) is 14.1 Å². The van der Waals surface area contributed by atoms with Gasteiger partial charge in [0.05, 0.1) is 57.2 Å². The highest BCUT2D eigenvalue weighted by Crippen LogP contribution is 2.44. The van der Waals surface area contributed by atoms with Crippen LogP contribution in [0.5, 0.6) is 23.0 Å². The number of rotatable bonds is 10. The van der Waals surface area contributed by atoms with Crippen molar-refractivity contribution in [1.82, 2.24) is 38.2 Å². The second-order valence-electron chi connectivity index (χ2n) is 20.7. The molecule has 0 fully saturated rings. The Hall–Kier alpha value is -10.6. The molecule has 8 aromatic carbocycles. The number of benzene rings is 8. The predicted molar refractivity (Wildman–Crippen MR) is 324 cm³/mol. The SMILES string of the molecule is Cc1ccnc(-n2c3ccccc3c3ccc(Oc4cc(-c5cnc(-c6ccc(-c7cc8ccccc8n7C)c(Oc7ccc8c9ccccc9n(-c9cc(C)ccn9)c8c7)c6)cn5)ccc4-c4cc5ccccc5n4C)cc32)c1. The molecule has 0 unspecified atom stereocenters. The van der Waals surface area contributed by atoms with E-state index in [4.69, 9.17) is 29.4 Å². The van der Waals surface area contributed by atoms with Crippen molar-refractivity contribution >= 4 is 65.4 Å². The number of hydrogen-bond acceptors (Lipinski definition) is 6. The molecular weight excluding hydrogens is 985 g/mol. The summed E-state index contributed by atoms with van der Waals surface area (Å²) in [5.74, 6) is 4.48. The van der Waals surface area contributed by atoms with E-state index in [0.717, 1.165) is 122 Å². The van der Waals surface area contributed by atoms with E-state index in [1.165, 1.54) is 0 Å². The van der Waals surface area contributed by atoms with E-state index in [0.29, 0.717) is 34.4 Å². The van der Waals surface area contributed by atoms with Gasteiger partial charge in [0.1, 0.15) is 34.6 Å². The molecule has 80 heavy (non-hydrogen) atoms. The molecule has 0 saturated heterocycles. The van der Waals surface area contributed by atoms with Crippen LogP contribution in [0.25, 0.3) is 122 Å². The average molecular weight is 1040 g/mol. The number of hydrogen-bond donors (Lipinski definition) is 0. The lowest BCUT2D eigenvalue weighted by atomic mass is 10.0. The van der Waals surface area contributed by atoms with Crippen LogP contribution in [0, 0.1) is 13.8 Å². The van der Waals surface area contributed by atoms with Gasteiger partial charge in [0.25, 0.3) is 0 Å². The van der Waals surface area contributed by atoms with Crippen LogP contribution in [-0.4, -0.2) is 38.2 Å². The Morgan fingerprint density at radius 3 is 1.19 bits per heavy atom. The van der Waals surface area contributed by atoms with Gasteiger partial charge in [0.15, 0.2) is 0 Å². The smallest absolute Gasteiger partial charge is 0.137 e. The lowest BCUT2D eigenvalue weighted by molar-refractivity contribution is 0.484. The molecule has 15 rings (SSSR count). The van der Waals surface area contributed by atoms with Crippen molar-refractivity contribution < 1.29 is 9.47 Å². The summed E-state index contributed by atoms with van der Waals surface area (Å²) in [6.45, 7) is 4.19. The number of nitrogens with zero attached hydrogens (tertiary/aromatic N) is 8. The molecular formula is C70H50N8O2. The molecule has 0 amide bonds. The first-order valence-electron chi connectivity index (χ1n) is 26.8. The van der Waals surface area contributed by atoms with Gasteiger partial charge in [-0.25, -0.2) is 9.97 Å². The zero-order valence-electron chi connectivity index (χ0n) is 44.3. The molecule has 0 saturated carbocycles. The van der Waals surface area contributed by atoms with Crippen molar-refractivity contribution in [2.75, 3.05) is 0 Å². The molecule has 0 aliphatic heterocycles. The molecule has 7 heterocycles. The Labute approximate surface area is 460 Å². The third kappa shape index (κ3) is 7.79. The Balaban J connectivity index is 0.820. The van der Waals surface area contributed by atoms with Gasteiger partial charge in [-0.15, -0.1) is 0 Å². The maximum Gasteiger partial charge on any atom is 0.137 e. The fourth-order valence-electron chi connectivity index (χ4n) is 11.7. The van der Waals surface area contributed by atoms with Crippen LogP contribution in [0.3, 0.4) is 0 Å². The van der Waals surface area contributed by atoms with E-state index in [1.54, 1.807) is 0 Å². The molecule has 10 nitrogen and oxygen atoms in total. The van der Waals surface area contributed by atoms with Gasteiger partial charge < -0.3 is 18.6 Å². The van der Waals surface area contributed by atoms with Gasteiger partial charge in [-0.05, 0) is 134 Å². The van der Waals surface area contributed by atoms with E-state index in [1.807, 2.05) is 36.9 Å². The first-order chi connectivity index (χ1) is 39.3. The van der Waals surface area contributed by atoms with Gasteiger partial charge in [-0.2, -0.15) is 0 Å². The fraction of sp³-hybridized carbons (Fsp3) is 0.0571. The van der Waals surface area contributed by atoms with E-state index < -0.39 is 0 Å². The molecule has 0 atom stereocenters. The summed E-state index contributed by atoms with van der Waals surface area (Å²) in [7, 11) is 4.21. The number of pyridine rings is 2. The highest BCUT2D eigenvalue weighted by molar-refractivity contribution is 6.10. The zero-order valence-corrected chi connectivity index (χ0v) is 44.3. The highest BCUT2D eigenvalue weighted by atomic mass is 16.5. The molecule has 0 aliphatic carbocycles. The van der Waals surface area contributed by atoms with Crippen molar-refractivity contribution in [3.63, 3.8) is 0 Å². The minimum absolute atomic E-state index is 0.689. The lowest BCUT2D eigenvalue weighted by Crippen LogP contribution is -1.98. The van der Waals surface area contributed by atoms with Crippen LogP contribution < -0.4 is 9.47 Å². The van der Waals surface area contributed by atoms with Crippen molar-refractivity contribution in [2.45, 2.75) is 13.8 Å². The predicted octanol–water partition coefficient (Wildman–Crippen LogP) is 17.3. The molecule has 0 bridgehead atoms. The van der Waals surface area contributed by atoms with E-state index in [2.05, 4.69) is 240 Å². The van der Waals surface area contributed by atoms with Crippen LogP contribution in [-0.2, 0) is 14.1 Å². The van der Waals surface area contributed by atoms with Gasteiger partial charge in [-0.3, -0.25) is 19.1 Å². The van der Waals surface area contributed by atoms with Crippen LogP contribution in [0.2, 0.25) is 0 Å². The molecule has 0 aliphatic rings. The summed E-state index contributed by atoms with van der Waals surface area (Å²) in [6, 6.07) is 71.8. The topological polar surface area (TPSA) is 89.7 Å². The number of fused-ring (bicyclic) bond motifs is 8. The molecule has 0 N–H and O–H groups in total. The molecule has 0 spiro atoms. The largest absolute Gasteiger partial charge is 0.457 e. The highest BCUT2D eigenvalue weighted by Gasteiger charge is 2.21. The maximum atomic E-state index is 7.08. The summed E-state index contributed by atoms with van der Waals surface area (Å²) >= 11 is 0. The number of aromatic nitrogens is 8. The number of ether oxygens (including phenoxy) is 2. The molecule has 10 heteroatoms. The average Bonchev–Trinajstić information content (AvgIpc) is 4.40. The van der Waals surface area contributed by atoms with E-state index >= 15 is 0 Å². The minimum Gasteiger partial charge on any atom is -0.457 e. The van der Waals surface area contributed by atoms with Gasteiger partial charge in [-0.1, -0.05) is 84.9 Å². The fourth-order valence-corrected chi connectivity index (χ4v) is 11.7. The summed E-state index contributed by atoms with van der Waals surface area (Å²) < 4.78 is 23.1. The third-order valence-corrected chi connectivity index (χ3v) is 15.7. The number of para-hydroxylation sites is 4. The standard InChI is InChI=1S/C70H50N8O2/c1-43-29-31-71-69(33-43)77-61-19-11-7-15-51(61)53-27-23-49(39-65(53)77)79-67-37-45(21-25-55(67)63-35-47-13-5-9-17-59(47)75(63)3)57-41-74-58(42-73-57)46-22-26-56(64-36-48-14-6-10-18-60(48)76(64)4)68(38-46)80-50-24-28-54-52-16-8-12-20-62(52)78(66(54)40-50)70-34-44(2)30-32-72-70/h5-42H,1-4H3. The monoisotopic (exact) mass is 1030 g/mol. The quantitative estimate of drug-likeness (QED) is 0.136. The van der Waals surface area contributed by atoms with Gasteiger partial charge in [0.2, 0.25) is 0 Å². The van der Waals surface area contributed by atoms with E-state index in [-0.39, 0.29) is 0 Å². The number of aryl methyl sites for hydroxylation is 4. The Morgan fingerprint density at radius 1 is 0.350 bits per heavy atom. The summed E-state index contributed by atoms with van der Waals surface area (Å²) in [6.07, 6.45) is 7.42. The Morgan fingerprint density at radius 2 is 0.762 bits per heavy atom. The summed E-state index contributed by atoms with van der Waals surface area (Å²) in [4.78, 5) is 19.8. The first-order valence-corrected chi connectivity index (χ1v) is 26.8. The maximum absolute atomic E-state index is 7.08. The minimum atomic E-state index is 0.689. The summed E-state index contributed by atoms with van der Waals surface area (Å²) in [5, 5.41) is 6.84. The van der Waals surface area contributed by atoms with Crippen LogP contribution >= 0.6 is 0 Å². The second-order valence-corrected chi connectivity index (χ2v) is 20.7. The van der Waals surface area contributed by atoms with Gasteiger partial charge >= 0.3 is 0 Å². The van der Waals surface area contributed by atoms with Crippen molar-refractivity contribution in [1.29, 1.82) is 0 Å². The zero-order chi connectivity index (χ0) is 53.6. The molecule has 0 radical (unpaired) electrons. The first kappa shape index (κ1) is 46.7. The Bertz CT molecular complexity index is 4650. The van der Waals surface area contributed by atoms with E-state index in [9.17, 15) is 0 Å². The van der Waals surface area contributed by atoms with Crippen LogP contribution in [0.1, 0.15) is 11.1 Å². The Kier molecular flexibility index (Phi) is 10.8. The second kappa shape index (κ2) is 18.6. The van der Waals surface area contributed by atoms with Crippen LogP contribution in [0.15, 0.2) is 231 Å². The van der Waals surface area contributed by atoms with Gasteiger partial charge in [0, 0.05) is 104 Å². The van der Waals surface area contributed by atoms with Crippen molar-refractivity contribution in [3.8, 4) is 79.7 Å². The lowest BCUT2D eigenvalue weighted by Gasteiger charge is -2.16. The third-order valence-electron chi connectivity index (χ3n) is 15.7. The summed E-state index contributed by atoms with van der Waals surface area (Å²) in [5.41, 5.74) is 15.8. The normalized spacial score (nSPS) is 11.8. The van der Waals surface area contributed by atoms with Crippen LogP contribution in [0.4, 0.5) is 0 Å². The van der Waals surface area contributed by atoms with Crippen molar-refractivity contribution in [3.05, 3.63) is 242 Å². The molecule has 7 aromatic heterocycles. The molecule has 15 aromatic rings. The molecule has 382 valence electrons.